The maximum Gasteiger partial charge on any atom is 0.333 e. The Hall–Kier alpha value is -2.21. The number of hydrogen-bond acceptors (Lipinski definition) is 4. The number of halogens is 2. The summed E-state index contributed by atoms with van der Waals surface area (Å²) in [5.74, 6) is 0.322. The molecule has 2 aromatic rings. The first-order valence-electron chi connectivity index (χ1n) is 8.51. The Morgan fingerprint density at radius 2 is 1.81 bits per heavy atom. The predicted molar refractivity (Wildman–Crippen MR) is 106 cm³/mol. The Bertz CT molecular complexity index is 850. The fraction of sp³-hybridized carbons (Fsp3) is 0.250. The standard InChI is InChI=1S/C20H19Cl2NO4/c21-14-3-6-18(22)19(11-14)27-10-9-26-15-4-1-13(2-5-15)16-7-8-23-12-17(16)20(24)25/h1-6,11,23H,7-10,12H2,(H,24,25). The Labute approximate surface area is 167 Å². The normalized spacial score (nSPS) is 14.1. The van der Waals surface area contributed by atoms with Crippen LogP contribution in [-0.2, 0) is 4.79 Å². The van der Waals surface area contributed by atoms with Gasteiger partial charge >= 0.3 is 5.97 Å². The number of carboxylic acids is 1. The largest absolute Gasteiger partial charge is 0.490 e. The molecular formula is C20H19Cl2NO4. The number of benzene rings is 2. The van der Waals surface area contributed by atoms with Crippen LogP contribution in [0.5, 0.6) is 11.5 Å². The van der Waals surface area contributed by atoms with E-state index in [0.717, 1.165) is 17.7 Å². The Balaban J connectivity index is 1.56. The fourth-order valence-electron chi connectivity index (χ4n) is 2.86. The highest BCUT2D eigenvalue weighted by atomic mass is 35.5. The van der Waals surface area contributed by atoms with E-state index in [1.54, 1.807) is 18.2 Å². The molecule has 7 heteroatoms. The van der Waals surface area contributed by atoms with Crippen LogP contribution in [0.4, 0.5) is 0 Å². The van der Waals surface area contributed by atoms with E-state index in [2.05, 4.69) is 5.32 Å². The highest BCUT2D eigenvalue weighted by Crippen LogP contribution is 2.28. The van der Waals surface area contributed by atoms with Crippen molar-refractivity contribution in [2.75, 3.05) is 26.3 Å². The van der Waals surface area contributed by atoms with E-state index < -0.39 is 5.97 Å². The number of aliphatic carboxylic acids is 1. The summed E-state index contributed by atoms with van der Waals surface area (Å²) in [4.78, 5) is 11.4. The summed E-state index contributed by atoms with van der Waals surface area (Å²) in [5, 5.41) is 13.5. The van der Waals surface area contributed by atoms with Gasteiger partial charge in [0.2, 0.25) is 0 Å². The van der Waals surface area contributed by atoms with Crippen molar-refractivity contribution in [3.05, 3.63) is 63.6 Å². The van der Waals surface area contributed by atoms with Crippen LogP contribution in [0.15, 0.2) is 48.0 Å². The van der Waals surface area contributed by atoms with E-state index in [4.69, 9.17) is 32.7 Å². The van der Waals surface area contributed by atoms with Gasteiger partial charge in [0, 0.05) is 17.6 Å². The third kappa shape index (κ3) is 5.16. The summed E-state index contributed by atoms with van der Waals surface area (Å²) in [6.45, 7) is 1.82. The van der Waals surface area contributed by atoms with E-state index in [1.165, 1.54) is 0 Å². The second-order valence-corrected chi connectivity index (χ2v) is 6.83. The summed E-state index contributed by atoms with van der Waals surface area (Å²) < 4.78 is 11.2. The van der Waals surface area contributed by atoms with E-state index in [1.807, 2.05) is 24.3 Å². The average molecular weight is 408 g/mol. The Morgan fingerprint density at radius 1 is 1.07 bits per heavy atom. The van der Waals surface area contributed by atoms with Crippen LogP contribution in [0, 0.1) is 0 Å². The third-order valence-electron chi connectivity index (χ3n) is 4.18. The first kappa shape index (κ1) is 19.5. The number of rotatable bonds is 7. The molecule has 0 saturated heterocycles. The van der Waals surface area contributed by atoms with Gasteiger partial charge in [-0.25, -0.2) is 4.79 Å². The van der Waals surface area contributed by atoms with Gasteiger partial charge in [0.25, 0.3) is 0 Å². The van der Waals surface area contributed by atoms with E-state index in [9.17, 15) is 9.90 Å². The molecule has 5 nitrogen and oxygen atoms in total. The lowest BCUT2D eigenvalue weighted by Crippen LogP contribution is -2.28. The molecule has 3 rings (SSSR count). The first-order chi connectivity index (χ1) is 13.0. The van der Waals surface area contributed by atoms with E-state index >= 15 is 0 Å². The molecule has 1 heterocycles. The molecule has 0 aromatic heterocycles. The minimum atomic E-state index is -0.880. The van der Waals surface area contributed by atoms with Crippen LogP contribution in [0.2, 0.25) is 10.0 Å². The van der Waals surface area contributed by atoms with Crippen LogP contribution in [0.3, 0.4) is 0 Å². The first-order valence-corrected chi connectivity index (χ1v) is 9.27. The van der Waals surface area contributed by atoms with Crippen molar-refractivity contribution in [3.8, 4) is 11.5 Å². The van der Waals surface area contributed by atoms with Crippen molar-refractivity contribution < 1.29 is 19.4 Å². The zero-order chi connectivity index (χ0) is 19.2. The molecule has 0 bridgehead atoms. The van der Waals surface area contributed by atoms with Gasteiger partial charge in [-0.2, -0.15) is 0 Å². The monoisotopic (exact) mass is 407 g/mol. The average Bonchev–Trinajstić information content (AvgIpc) is 2.68. The van der Waals surface area contributed by atoms with Crippen molar-refractivity contribution in [2.24, 2.45) is 0 Å². The smallest absolute Gasteiger partial charge is 0.333 e. The van der Waals surface area contributed by atoms with Gasteiger partial charge in [-0.3, -0.25) is 0 Å². The predicted octanol–water partition coefficient (Wildman–Crippen LogP) is 4.28. The molecule has 27 heavy (non-hydrogen) atoms. The molecule has 0 unspecified atom stereocenters. The number of nitrogens with one attached hydrogen (secondary N) is 1. The minimum absolute atomic E-state index is 0.321. The van der Waals surface area contributed by atoms with Gasteiger partial charge in [0.15, 0.2) is 0 Å². The lowest BCUT2D eigenvalue weighted by Gasteiger charge is -2.19. The second kappa shape index (κ2) is 9.13. The van der Waals surface area contributed by atoms with Gasteiger partial charge in [0.05, 0.1) is 10.6 Å². The SMILES string of the molecule is O=C(O)C1=C(c2ccc(OCCOc3cc(Cl)ccc3Cl)cc2)CCNC1. The Kier molecular flexibility index (Phi) is 6.61. The molecule has 0 spiro atoms. The molecule has 0 fully saturated rings. The van der Waals surface area contributed by atoms with Crippen LogP contribution >= 0.6 is 23.2 Å². The molecule has 2 N–H and O–H groups in total. The number of carboxylic acid groups (broad SMARTS) is 1. The summed E-state index contributed by atoms with van der Waals surface area (Å²) in [5.41, 5.74) is 2.19. The molecule has 2 aromatic carbocycles. The zero-order valence-electron chi connectivity index (χ0n) is 14.5. The molecule has 1 aliphatic rings. The molecule has 0 aliphatic carbocycles. The zero-order valence-corrected chi connectivity index (χ0v) is 16.0. The van der Waals surface area contributed by atoms with Gasteiger partial charge in [-0.05, 0) is 48.4 Å². The van der Waals surface area contributed by atoms with Crippen molar-refractivity contribution in [1.82, 2.24) is 5.32 Å². The van der Waals surface area contributed by atoms with E-state index in [0.29, 0.717) is 53.3 Å². The summed E-state index contributed by atoms with van der Waals surface area (Å²) >= 11 is 12.0. The molecule has 0 atom stereocenters. The van der Waals surface area contributed by atoms with Crippen molar-refractivity contribution in [1.29, 1.82) is 0 Å². The number of ether oxygens (including phenoxy) is 2. The molecule has 0 radical (unpaired) electrons. The molecule has 0 amide bonds. The van der Waals surface area contributed by atoms with Crippen LogP contribution in [-0.4, -0.2) is 37.4 Å². The van der Waals surface area contributed by atoms with Crippen molar-refractivity contribution in [3.63, 3.8) is 0 Å². The topological polar surface area (TPSA) is 67.8 Å². The van der Waals surface area contributed by atoms with Crippen LogP contribution in [0.1, 0.15) is 12.0 Å². The second-order valence-electron chi connectivity index (χ2n) is 5.99. The maximum absolute atomic E-state index is 11.4. The van der Waals surface area contributed by atoms with Gasteiger partial charge < -0.3 is 19.9 Å². The molecular weight excluding hydrogens is 389 g/mol. The van der Waals surface area contributed by atoms with Crippen molar-refractivity contribution >= 4 is 34.7 Å². The lowest BCUT2D eigenvalue weighted by atomic mass is 9.94. The summed E-state index contributed by atoms with van der Waals surface area (Å²) in [6, 6.07) is 12.5. The molecule has 142 valence electrons. The maximum atomic E-state index is 11.4. The van der Waals surface area contributed by atoms with Crippen LogP contribution < -0.4 is 14.8 Å². The van der Waals surface area contributed by atoms with Crippen LogP contribution in [0.25, 0.3) is 5.57 Å². The highest BCUT2D eigenvalue weighted by molar-refractivity contribution is 6.34. The number of hydrogen-bond donors (Lipinski definition) is 2. The van der Waals surface area contributed by atoms with Gasteiger partial charge in [-0.15, -0.1) is 0 Å². The molecule has 0 saturated carbocycles. The minimum Gasteiger partial charge on any atom is -0.490 e. The number of carbonyl (C=O) groups is 1. The quantitative estimate of drug-likeness (QED) is 0.670. The van der Waals surface area contributed by atoms with Gasteiger partial charge in [-0.1, -0.05) is 35.3 Å². The fourth-order valence-corrected chi connectivity index (χ4v) is 3.19. The highest BCUT2D eigenvalue weighted by Gasteiger charge is 2.19. The van der Waals surface area contributed by atoms with Crippen molar-refractivity contribution in [2.45, 2.75) is 6.42 Å². The van der Waals surface area contributed by atoms with Gasteiger partial charge in [0.1, 0.15) is 24.7 Å². The summed E-state index contributed by atoms with van der Waals surface area (Å²) in [6.07, 6.45) is 0.691. The third-order valence-corrected chi connectivity index (χ3v) is 4.73. The molecule has 1 aliphatic heterocycles. The lowest BCUT2D eigenvalue weighted by molar-refractivity contribution is -0.132. The Morgan fingerprint density at radius 3 is 2.56 bits per heavy atom. The summed E-state index contributed by atoms with van der Waals surface area (Å²) in [7, 11) is 0. The van der Waals surface area contributed by atoms with E-state index in [-0.39, 0.29) is 0 Å².